The summed E-state index contributed by atoms with van der Waals surface area (Å²) < 4.78 is 1.99. The fourth-order valence-electron chi connectivity index (χ4n) is 0.830. The van der Waals surface area contributed by atoms with Crippen molar-refractivity contribution in [3.63, 3.8) is 0 Å². The fraction of sp³-hybridized carbons (Fsp3) is 0.500. The van der Waals surface area contributed by atoms with Crippen LogP contribution in [0, 0.1) is 0 Å². The van der Waals surface area contributed by atoms with Gasteiger partial charge >= 0.3 is 0 Å². The average Bonchev–Trinajstić information content (AvgIpc) is 2.13. The Balaban J connectivity index is 2.59. The first-order chi connectivity index (χ1) is 4.22. The van der Waals surface area contributed by atoms with Gasteiger partial charge in [0.2, 0.25) is 0 Å². The number of carbonyl (C=O) groups is 1. The van der Waals surface area contributed by atoms with Crippen LogP contribution in [0.15, 0.2) is 12.2 Å². The van der Waals surface area contributed by atoms with Crippen LogP contribution in [0.3, 0.4) is 0 Å². The molecule has 2 nitrogen and oxygen atoms in total. The summed E-state index contributed by atoms with van der Waals surface area (Å²) in [6.07, 6.45) is 3.95. The molecule has 0 N–H and O–H groups in total. The molecule has 0 radical (unpaired) electrons. The van der Waals surface area contributed by atoms with E-state index in [9.17, 15) is 4.79 Å². The minimum Gasteiger partial charge on any atom is -0.298 e. The summed E-state index contributed by atoms with van der Waals surface area (Å²) >= 11 is 2.16. The van der Waals surface area contributed by atoms with Gasteiger partial charge in [-0.15, -0.1) is 0 Å². The lowest BCUT2D eigenvalue weighted by molar-refractivity contribution is -0.118. The molecular weight excluding hydrogens is 229 g/mol. The van der Waals surface area contributed by atoms with Crippen molar-refractivity contribution in [2.45, 2.75) is 13.0 Å². The van der Waals surface area contributed by atoms with Crippen LogP contribution >= 0.6 is 22.9 Å². The summed E-state index contributed by atoms with van der Waals surface area (Å²) in [6, 6.07) is 0.0330. The zero-order valence-corrected chi connectivity index (χ0v) is 7.33. The van der Waals surface area contributed by atoms with Gasteiger partial charge in [0.15, 0.2) is 5.78 Å². The molecule has 0 aromatic heterocycles. The van der Waals surface area contributed by atoms with Gasteiger partial charge in [-0.3, -0.25) is 4.79 Å². The van der Waals surface area contributed by atoms with E-state index in [1.165, 1.54) is 0 Å². The summed E-state index contributed by atoms with van der Waals surface area (Å²) in [5.74, 6) is 0.221. The van der Waals surface area contributed by atoms with Crippen LogP contribution in [0.25, 0.3) is 0 Å². The number of nitrogens with zero attached hydrogens (tertiary/aromatic N) is 1. The predicted octanol–water partition coefficient (Wildman–Crippen LogP) is 1.17. The second-order valence-electron chi connectivity index (χ2n) is 2.07. The molecular formula is C6H8INO. The highest BCUT2D eigenvalue weighted by Gasteiger charge is 2.20. The molecule has 9 heavy (non-hydrogen) atoms. The van der Waals surface area contributed by atoms with Crippen molar-refractivity contribution in [3.8, 4) is 0 Å². The molecule has 0 spiro atoms. The molecule has 0 aliphatic carbocycles. The highest BCUT2D eigenvalue weighted by Crippen LogP contribution is 2.14. The third-order valence-electron chi connectivity index (χ3n) is 1.32. The van der Waals surface area contributed by atoms with E-state index in [2.05, 4.69) is 22.9 Å². The molecule has 1 rings (SSSR count). The number of ketones is 1. The number of Topliss-reactive ketones (excluding diaryl/α,β-unsaturated/α-hetero) is 1. The van der Waals surface area contributed by atoms with Gasteiger partial charge in [-0.05, 0) is 6.92 Å². The molecule has 0 bridgehead atoms. The predicted molar refractivity (Wildman–Crippen MR) is 44.3 cm³/mol. The Morgan fingerprint density at radius 2 is 2.56 bits per heavy atom. The largest absolute Gasteiger partial charge is 0.298 e. The number of halogens is 1. The van der Waals surface area contributed by atoms with Crippen LogP contribution in [0.2, 0.25) is 0 Å². The smallest absolute Gasteiger partial charge is 0.151 e. The highest BCUT2D eigenvalue weighted by molar-refractivity contribution is 14.1. The van der Waals surface area contributed by atoms with E-state index in [1.807, 2.05) is 15.3 Å². The average molecular weight is 237 g/mol. The second kappa shape index (κ2) is 2.79. The van der Waals surface area contributed by atoms with Gasteiger partial charge in [0.05, 0.1) is 6.04 Å². The third kappa shape index (κ3) is 1.52. The topological polar surface area (TPSA) is 20.3 Å². The van der Waals surface area contributed by atoms with E-state index in [0.717, 1.165) is 6.54 Å². The molecule has 1 atom stereocenters. The molecule has 0 aromatic rings. The van der Waals surface area contributed by atoms with E-state index < -0.39 is 0 Å². The Morgan fingerprint density at radius 3 is 2.78 bits per heavy atom. The fourth-order valence-corrected chi connectivity index (χ4v) is 1.64. The van der Waals surface area contributed by atoms with Crippen molar-refractivity contribution < 1.29 is 4.79 Å². The molecule has 0 fully saturated rings. The monoisotopic (exact) mass is 237 g/mol. The van der Waals surface area contributed by atoms with Gasteiger partial charge in [0, 0.05) is 29.4 Å². The number of carbonyl (C=O) groups excluding carboxylic acids is 1. The van der Waals surface area contributed by atoms with Crippen LogP contribution in [0.5, 0.6) is 0 Å². The molecule has 0 saturated heterocycles. The van der Waals surface area contributed by atoms with Crippen molar-refractivity contribution in [2.24, 2.45) is 0 Å². The maximum atomic E-state index is 10.8. The van der Waals surface area contributed by atoms with Crippen molar-refractivity contribution >= 4 is 28.6 Å². The SMILES string of the molecule is CC(=O)C1C=CCN1I. The van der Waals surface area contributed by atoms with E-state index >= 15 is 0 Å². The molecule has 1 unspecified atom stereocenters. The molecule has 1 aliphatic rings. The minimum absolute atomic E-state index is 0.0330. The normalized spacial score (nSPS) is 27.1. The Kier molecular flexibility index (Phi) is 2.23. The maximum absolute atomic E-state index is 10.8. The van der Waals surface area contributed by atoms with Gasteiger partial charge in [-0.1, -0.05) is 12.2 Å². The maximum Gasteiger partial charge on any atom is 0.151 e. The number of rotatable bonds is 1. The highest BCUT2D eigenvalue weighted by atomic mass is 127. The van der Waals surface area contributed by atoms with Crippen molar-refractivity contribution in [1.82, 2.24) is 3.11 Å². The zero-order chi connectivity index (χ0) is 6.85. The van der Waals surface area contributed by atoms with Crippen molar-refractivity contribution in [1.29, 1.82) is 0 Å². The van der Waals surface area contributed by atoms with E-state index in [0.29, 0.717) is 0 Å². The van der Waals surface area contributed by atoms with Gasteiger partial charge in [0.25, 0.3) is 0 Å². The van der Waals surface area contributed by atoms with Gasteiger partial charge < -0.3 is 0 Å². The number of hydrogen-bond donors (Lipinski definition) is 0. The van der Waals surface area contributed by atoms with Crippen LogP contribution in [-0.4, -0.2) is 21.5 Å². The molecule has 1 aliphatic heterocycles. The molecule has 50 valence electrons. The van der Waals surface area contributed by atoms with E-state index in [4.69, 9.17) is 0 Å². The molecule has 0 amide bonds. The molecule has 1 heterocycles. The van der Waals surface area contributed by atoms with Crippen LogP contribution in [-0.2, 0) is 4.79 Å². The van der Waals surface area contributed by atoms with Gasteiger partial charge in [-0.25, -0.2) is 3.11 Å². The summed E-state index contributed by atoms with van der Waals surface area (Å²) in [5, 5.41) is 0. The first-order valence-corrected chi connectivity index (χ1v) is 3.78. The zero-order valence-electron chi connectivity index (χ0n) is 5.17. The molecule has 3 heteroatoms. The number of hydrogen-bond acceptors (Lipinski definition) is 2. The van der Waals surface area contributed by atoms with Gasteiger partial charge in [0.1, 0.15) is 0 Å². The lowest BCUT2D eigenvalue weighted by atomic mass is 10.2. The summed E-state index contributed by atoms with van der Waals surface area (Å²) in [4.78, 5) is 10.8. The Bertz CT molecular complexity index is 155. The van der Waals surface area contributed by atoms with E-state index in [-0.39, 0.29) is 11.8 Å². The quantitative estimate of drug-likeness (QED) is 0.387. The summed E-state index contributed by atoms with van der Waals surface area (Å²) in [6.45, 7) is 2.51. The van der Waals surface area contributed by atoms with Crippen LogP contribution < -0.4 is 0 Å². The second-order valence-corrected chi connectivity index (χ2v) is 3.31. The van der Waals surface area contributed by atoms with Gasteiger partial charge in [-0.2, -0.15) is 0 Å². The summed E-state index contributed by atoms with van der Waals surface area (Å²) in [7, 11) is 0. The Labute approximate surface area is 68.4 Å². The Morgan fingerprint density at radius 1 is 1.89 bits per heavy atom. The lowest BCUT2D eigenvalue weighted by Crippen LogP contribution is -2.26. The first kappa shape index (κ1) is 7.21. The Hall–Kier alpha value is 0.1000. The molecule has 0 aromatic carbocycles. The van der Waals surface area contributed by atoms with E-state index in [1.54, 1.807) is 6.92 Å². The minimum atomic E-state index is 0.0330. The standard InChI is InChI=1S/C6H8INO/c1-5(9)6-3-2-4-8(6)7/h2-3,6H,4H2,1H3. The van der Waals surface area contributed by atoms with Crippen molar-refractivity contribution in [3.05, 3.63) is 12.2 Å². The first-order valence-electron chi connectivity index (χ1n) is 2.81. The lowest BCUT2D eigenvalue weighted by Gasteiger charge is -2.12. The molecule has 0 saturated carbocycles. The third-order valence-corrected chi connectivity index (χ3v) is 2.31. The summed E-state index contributed by atoms with van der Waals surface area (Å²) in [5.41, 5.74) is 0. The van der Waals surface area contributed by atoms with Crippen LogP contribution in [0.4, 0.5) is 0 Å². The van der Waals surface area contributed by atoms with Crippen LogP contribution in [0.1, 0.15) is 6.92 Å². The van der Waals surface area contributed by atoms with Crippen molar-refractivity contribution in [2.75, 3.05) is 6.54 Å².